The van der Waals surface area contributed by atoms with Crippen molar-refractivity contribution in [2.45, 2.75) is 20.8 Å². The molecule has 1 aromatic carbocycles. The van der Waals surface area contributed by atoms with Gasteiger partial charge in [0.25, 0.3) is 0 Å². The van der Waals surface area contributed by atoms with Gasteiger partial charge in [-0.1, -0.05) is 12.1 Å². The van der Waals surface area contributed by atoms with E-state index in [4.69, 9.17) is 0 Å². The quantitative estimate of drug-likeness (QED) is 0.858. The fourth-order valence-electron chi connectivity index (χ4n) is 2.11. The molecule has 0 unspecified atom stereocenters. The average molecular weight is 299 g/mol. The number of nitrogens with one attached hydrogen (secondary N) is 2. The molecule has 0 amide bonds. The molecule has 2 rings (SSSR count). The maximum atomic E-state index is 4.54. The summed E-state index contributed by atoms with van der Waals surface area (Å²) in [5.41, 5.74) is 4.38. The Morgan fingerprint density at radius 1 is 1.05 bits per heavy atom. The molecule has 0 saturated carbocycles. The fourth-order valence-corrected chi connectivity index (χ4v) is 2.11. The van der Waals surface area contributed by atoms with Gasteiger partial charge in [-0.25, -0.2) is 4.98 Å². The molecule has 0 aliphatic carbocycles. The van der Waals surface area contributed by atoms with Gasteiger partial charge < -0.3 is 15.5 Å². The van der Waals surface area contributed by atoms with Crippen molar-refractivity contribution in [3.8, 4) is 0 Å². The third-order valence-electron chi connectivity index (χ3n) is 3.36. The number of rotatable bonds is 6. The Morgan fingerprint density at radius 2 is 1.82 bits per heavy atom. The summed E-state index contributed by atoms with van der Waals surface area (Å²) in [4.78, 5) is 11.2. The van der Waals surface area contributed by atoms with Gasteiger partial charge in [0.15, 0.2) is 0 Å². The SMILES string of the molecule is Cc1ccc(C)c(Nc2nc(C)cc(NCCN(C)C)n2)c1. The van der Waals surface area contributed by atoms with Crippen LogP contribution in [-0.4, -0.2) is 42.1 Å². The first kappa shape index (κ1) is 16.2. The van der Waals surface area contributed by atoms with Crippen LogP contribution in [-0.2, 0) is 0 Å². The summed E-state index contributed by atoms with van der Waals surface area (Å²) in [5.74, 6) is 1.48. The van der Waals surface area contributed by atoms with Crippen molar-refractivity contribution >= 4 is 17.5 Å². The highest BCUT2D eigenvalue weighted by atomic mass is 15.2. The maximum Gasteiger partial charge on any atom is 0.229 e. The number of aryl methyl sites for hydroxylation is 3. The Bertz CT molecular complexity index is 637. The van der Waals surface area contributed by atoms with E-state index >= 15 is 0 Å². The second-order valence-electron chi connectivity index (χ2n) is 5.89. The van der Waals surface area contributed by atoms with Crippen molar-refractivity contribution < 1.29 is 0 Å². The molecule has 0 fully saturated rings. The van der Waals surface area contributed by atoms with Crippen LogP contribution in [0.4, 0.5) is 17.5 Å². The highest BCUT2D eigenvalue weighted by Gasteiger charge is 2.05. The minimum absolute atomic E-state index is 0.626. The van der Waals surface area contributed by atoms with Crippen molar-refractivity contribution in [1.82, 2.24) is 14.9 Å². The normalized spacial score (nSPS) is 10.8. The lowest BCUT2D eigenvalue weighted by Crippen LogP contribution is -2.21. The predicted octanol–water partition coefficient (Wildman–Crippen LogP) is 3.12. The number of aromatic nitrogens is 2. The van der Waals surface area contributed by atoms with E-state index in [1.807, 2.05) is 13.0 Å². The fraction of sp³-hybridized carbons (Fsp3) is 0.412. The molecule has 0 atom stereocenters. The summed E-state index contributed by atoms with van der Waals surface area (Å²) in [7, 11) is 4.11. The molecule has 5 heteroatoms. The van der Waals surface area contributed by atoms with Crippen molar-refractivity contribution in [3.05, 3.63) is 41.1 Å². The molecular weight excluding hydrogens is 274 g/mol. The zero-order valence-electron chi connectivity index (χ0n) is 14.1. The summed E-state index contributed by atoms with van der Waals surface area (Å²) in [6, 6.07) is 8.28. The molecule has 1 aromatic heterocycles. The third-order valence-corrected chi connectivity index (χ3v) is 3.36. The second kappa shape index (κ2) is 7.22. The van der Waals surface area contributed by atoms with Crippen LogP contribution < -0.4 is 10.6 Å². The second-order valence-corrected chi connectivity index (χ2v) is 5.89. The van der Waals surface area contributed by atoms with E-state index in [0.717, 1.165) is 30.3 Å². The molecule has 118 valence electrons. The Balaban J connectivity index is 2.13. The van der Waals surface area contributed by atoms with Crippen molar-refractivity contribution in [3.63, 3.8) is 0 Å². The first-order valence-corrected chi connectivity index (χ1v) is 7.52. The molecule has 0 aliphatic rings. The van der Waals surface area contributed by atoms with E-state index in [1.165, 1.54) is 11.1 Å². The highest BCUT2D eigenvalue weighted by Crippen LogP contribution is 2.20. The van der Waals surface area contributed by atoms with Crippen LogP contribution in [0.25, 0.3) is 0 Å². The van der Waals surface area contributed by atoms with E-state index in [9.17, 15) is 0 Å². The molecule has 22 heavy (non-hydrogen) atoms. The first-order valence-electron chi connectivity index (χ1n) is 7.52. The summed E-state index contributed by atoms with van der Waals surface area (Å²) in [5, 5.41) is 6.66. The van der Waals surface area contributed by atoms with Gasteiger partial charge in [0.1, 0.15) is 5.82 Å². The van der Waals surface area contributed by atoms with Crippen molar-refractivity contribution in [1.29, 1.82) is 0 Å². The highest BCUT2D eigenvalue weighted by molar-refractivity contribution is 5.60. The zero-order valence-corrected chi connectivity index (χ0v) is 14.1. The van der Waals surface area contributed by atoms with Crippen LogP contribution in [0.2, 0.25) is 0 Å². The zero-order chi connectivity index (χ0) is 16.1. The molecule has 1 heterocycles. The van der Waals surface area contributed by atoms with Crippen molar-refractivity contribution in [2.75, 3.05) is 37.8 Å². The van der Waals surface area contributed by atoms with Gasteiger partial charge >= 0.3 is 0 Å². The lowest BCUT2D eigenvalue weighted by molar-refractivity contribution is 0.425. The van der Waals surface area contributed by atoms with E-state index < -0.39 is 0 Å². The lowest BCUT2D eigenvalue weighted by Gasteiger charge is -2.13. The summed E-state index contributed by atoms with van der Waals surface area (Å²) in [6.45, 7) is 7.95. The van der Waals surface area contributed by atoms with Crippen molar-refractivity contribution in [2.24, 2.45) is 0 Å². The van der Waals surface area contributed by atoms with Gasteiger partial charge in [-0.05, 0) is 52.1 Å². The number of likely N-dealkylation sites (N-methyl/N-ethyl adjacent to an activating group) is 1. The monoisotopic (exact) mass is 299 g/mol. The smallest absolute Gasteiger partial charge is 0.229 e. The maximum absolute atomic E-state index is 4.54. The Morgan fingerprint density at radius 3 is 2.55 bits per heavy atom. The molecule has 2 aromatic rings. The van der Waals surface area contributed by atoms with Crippen LogP contribution in [0.1, 0.15) is 16.8 Å². The van der Waals surface area contributed by atoms with E-state index in [-0.39, 0.29) is 0 Å². The van der Waals surface area contributed by atoms with Gasteiger partial charge in [-0.3, -0.25) is 0 Å². The molecule has 5 nitrogen and oxygen atoms in total. The van der Waals surface area contributed by atoms with Crippen LogP contribution in [0.3, 0.4) is 0 Å². The van der Waals surface area contributed by atoms with Crippen LogP contribution >= 0.6 is 0 Å². The van der Waals surface area contributed by atoms with Gasteiger partial charge in [0.05, 0.1) is 0 Å². The number of hydrogen-bond acceptors (Lipinski definition) is 5. The minimum Gasteiger partial charge on any atom is -0.369 e. The Hall–Kier alpha value is -2.14. The number of nitrogens with zero attached hydrogens (tertiary/aromatic N) is 3. The molecule has 0 radical (unpaired) electrons. The van der Waals surface area contributed by atoms with Gasteiger partial charge in [0.2, 0.25) is 5.95 Å². The van der Waals surface area contributed by atoms with Gasteiger partial charge in [-0.2, -0.15) is 4.98 Å². The topological polar surface area (TPSA) is 53.1 Å². The summed E-state index contributed by atoms with van der Waals surface area (Å²) < 4.78 is 0. The predicted molar refractivity (Wildman–Crippen MR) is 93.0 cm³/mol. The lowest BCUT2D eigenvalue weighted by atomic mass is 10.1. The molecule has 0 saturated heterocycles. The van der Waals surface area contributed by atoms with E-state index in [0.29, 0.717) is 5.95 Å². The number of hydrogen-bond donors (Lipinski definition) is 2. The van der Waals surface area contributed by atoms with Crippen LogP contribution in [0.5, 0.6) is 0 Å². The molecule has 0 spiro atoms. The summed E-state index contributed by atoms with van der Waals surface area (Å²) >= 11 is 0. The van der Waals surface area contributed by atoms with Crippen LogP contribution in [0, 0.1) is 20.8 Å². The van der Waals surface area contributed by atoms with Gasteiger partial charge in [0, 0.05) is 30.5 Å². The Kier molecular flexibility index (Phi) is 5.33. The average Bonchev–Trinajstić information content (AvgIpc) is 2.42. The summed E-state index contributed by atoms with van der Waals surface area (Å²) in [6.07, 6.45) is 0. The molecule has 2 N–H and O–H groups in total. The van der Waals surface area contributed by atoms with Crippen LogP contribution in [0.15, 0.2) is 24.3 Å². The van der Waals surface area contributed by atoms with E-state index in [1.54, 1.807) is 0 Å². The van der Waals surface area contributed by atoms with E-state index in [2.05, 4.69) is 71.6 Å². The minimum atomic E-state index is 0.626. The first-order chi connectivity index (χ1) is 10.4. The number of benzene rings is 1. The molecule has 0 aliphatic heterocycles. The number of anilines is 3. The standard InChI is InChI=1S/C17H25N5/c1-12-6-7-13(2)15(10-12)20-17-19-14(3)11-16(21-17)18-8-9-22(4)5/h6-7,10-11H,8-9H2,1-5H3,(H2,18,19,20,21). The largest absolute Gasteiger partial charge is 0.369 e. The molecular formula is C17H25N5. The van der Waals surface area contributed by atoms with Gasteiger partial charge in [-0.15, -0.1) is 0 Å². The Labute approximate surface area is 132 Å². The third kappa shape index (κ3) is 4.70. The molecule has 0 bridgehead atoms.